The Bertz CT molecular complexity index is 943. The van der Waals surface area contributed by atoms with E-state index in [0.717, 1.165) is 47.5 Å². The Morgan fingerprint density at radius 3 is 2.93 bits per heavy atom. The Kier molecular flexibility index (Phi) is 7.76. The highest BCUT2D eigenvalue weighted by molar-refractivity contribution is 14.0. The molecule has 154 valence electrons. The number of hydrogen-bond donors (Lipinski definition) is 2. The molecule has 0 fully saturated rings. The minimum atomic E-state index is 0. The number of fused-ring (bicyclic) bond motifs is 1. The first-order valence-electron chi connectivity index (χ1n) is 9.21. The van der Waals surface area contributed by atoms with E-state index in [1.165, 1.54) is 5.56 Å². The van der Waals surface area contributed by atoms with E-state index in [1.54, 1.807) is 17.6 Å². The number of guanidine groups is 1. The zero-order chi connectivity index (χ0) is 19.2. The summed E-state index contributed by atoms with van der Waals surface area (Å²) >= 11 is 1.60. The predicted molar refractivity (Wildman–Crippen MR) is 124 cm³/mol. The van der Waals surface area contributed by atoms with Crippen LogP contribution in [0.15, 0.2) is 51.4 Å². The summed E-state index contributed by atoms with van der Waals surface area (Å²) in [5, 5.41) is 8.61. The smallest absolute Gasteiger partial charge is 0.236 e. The Morgan fingerprint density at radius 2 is 2.10 bits per heavy atom. The summed E-state index contributed by atoms with van der Waals surface area (Å²) in [6, 6.07) is 10.0. The quantitative estimate of drug-likeness (QED) is 0.275. The van der Waals surface area contributed by atoms with Gasteiger partial charge in [-0.25, -0.2) is 9.98 Å². The number of oxazole rings is 1. The van der Waals surface area contributed by atoms with Gasteiger partial charge in [-0.2, -0.15) is 0 Å². The van der Waals surface area contributed by atoms with Gasteiger partial charge in [0.25, 0.3) is 0 Å². The number of rotatable bonds is 7. The third-order valence-electron chi connectivity index (χ3n) is 4.17. The van der Waals surface area contributed by atoms with Crippen molar-refractivity contribution in [2.24, 2.45) is 4.99 Å². The SMILES string of the molecule is CCNC(=NCc1coc(-c2cccs2)n1)NCCc1ccc2c(c1)OCO2.I. The van der Waals surface area contributed by atoms with Crippen LogP contribution in [0.25, 0.3) is 10.8 Å². The number of nitrogens with zero attached hydrogens (tertiary/aromatic N) is 2. The second-order valence-corrected chi connectivity index (χ2v) is 7.13. The summed E-state index contributed by atoms with van der Waals surface area (Å²) in [7, 11) is 0. The third kappa shape index (κ3) is 5.63. The molecule has 1 aliphatic rings. The second-order valence-electron chi connectivity index (χ2n) is 6.18. The first kappa shape index (κ1) is 21.4. The van der Waals surface area contributed by atoms with E-state index < -0.39 is 0 Å². The molecule has 1 aromatic carbocycles. The highest BCUT2D eigenvalue weighted by Crippen LogP contribution is 2.32. The van der Waals surface area contributed by atoms with E-state index in [-0.39, 0.29) is 24.0 Å². The van der Waals surface area contributed by atoms with Crippen LogP contribution in [0.4, 0.5) is 0 Å². The van der Waals surface area contributed by atoms with Crippen LogP contribution in [0, 0.1) is 0 Å². The predicted octanol–water partition coefficient (Wildman–Crippen LogP) is 4.05. The molecular weight excluding hydrogens is 503 g/mol. The van der Waals surface area contributed by atoms with Crippen molar-refractivity contribution in [1.29, 1.82) is 0 Å². The number of ether oxygens (including phenoxy) is 2. The molecule has 0 saturated heterocycles. The second kappa shape index (κ2) is 10.5. The zero-order valence-corrected chi connectivity index (χ0v) is 19.2. The highest BCUT2D eigenvalue weighted by Gasteiger charge is 2.13. The van der Waals surface area contributed by atoms with Gasteiger partial charge in [-0.05, 0) is 42.5 Å². The lowest BCUT2D eigenvalue weighted by Crippen LogP contribution is -2.38. The molecule has 0 radical (unpaired) electrons. The van der Waals surface area contributed by atoms with Crippen LogP contribution < -0.4 is 20.1 Å². The van der Waals surface area contributed by atoms with E-state index in [9.17, 15) is 0 Å². The van der Waals surface area contributed by atoms with Crippen LogP contribution in [0.5, 0.6) is 11.5 Å². The van der Waals surface area contributed by atoms with E-state index >= 15 is 0 Å². The minimum absolute atomic E-state index is 0. The number of aliphatic imine (C=N–C) groups is 1. The molecular formula is C20H23IN4O3S. The highest BCUT2D eigenvalue weighted by atomic mass is 127. The molecule has 2 N–H and O–H groups in total. The summed E-state index contributed by atoms with van der Waals surface area (Å²) in [5.74, 6) is 3.01. The Morgan fingerprint density at radius 1 is 1.21 bits per heavy atom. The van der Waals surface area contributed by atoms with E-state index in [4.69, 9.17) is 13.9 Å². The Hall–Kier alpha value is -2.27. The molecule has 9 heteroatoms. The first-order chi connectivity index (χ1) is 13.8. The van der Waals surface area contributed by atoms with Crippen LogP contribution >= 0.6 is 35.3 Å². The average molecular weight is 526 g/mol. The maximum absolute atomic E-state index is 5.54. The lowest BCUT2D eigenvalue weighted by Gasteiger charge is -2.11. The molecule has 4 rings (SSSR count). The molecule has 0 bridgehead atoms. The van der Waals surface area contributed by atoms with Gasteiger partial charge >= 0.3 is 0 Å². The number of halogens is 1. The standard InChI is InChI=1S/C20H22N4O3S.HI/c1-2-21-20(22-8-7-14-5-6-16-17(10-14)27-13-26-16)23-11-15-12-25-19(24-15)18-4-3-9-28-18;/h3-6,9-10,12H,2,7-8,11,13H2,1H3,(H2,21,22,23);1H. The molecule has 0 unspecified atom stereocenters. The van der Waals surface area contributed by atoms with Crippen molar-refractivity contribution in [3.8, 4) is 22.3 Å². The molecule has 0 aliphatic carbocycles. The van der Waals surface area contributed by atoms with Crippen LogP contribution in [-0.2, 0) is 13.0 Å². The van der Waals surface area contributed by atoms with Gasteiger partial charge in [0, 0.05) is 13.1 Å². The fourth-order valence-corrected chi connectivity index (χ4v) is 3.47. The van der Waals surface area contributed by atoms with Crippen LogP contribution in [0.2, 0.25) is 0 Å². The lowest BCUT2D eigenvalue weighted by molar-refractivity contribution is 0.174. The molecule has 3 heterocycles. The van der Waals surface area contributed by atoms with Gasteiger partial charge in [-0.15, -0.1) is 35.3 Å². The summed E-state index contributed by atoms with van der Waals surface area (Å²) in [6.45, 7) is 4.33. The maximum Gasteiger partial charge on any atom is 0.236 e. The van der Waals surface area contributed by atoms with Crippen molar-refractivity contribution in [3.05, 3.63) is 53.2 Å². The Balaban J connectivity index is 0.00000240. The number of benzene rings is 1. The molecule has 1 aliphatic heterocycles. The van der Waals surface area contributed by atoms with Gasteiger partial charge in [0.1, 0.15) is 12.0 Å². The summed E-state index contributed by atoms with van der Waals surface area (Å²) in [5.41, 5.74) is 1.99. The maximum atomic E-state index is 5.54. The molecule has 3 aromatic rings. The van der Waals surface area contributed by atoms with E-state index in [2.05, 4.69) is 26.7 Å². The van der Waals surface area contributed by atoms with Crippen molar-refractivity contribution >= 4 is 41.3 Å². The van der Waals surface area contributed by atoms with Gasteiger partial charge < -0.3 is 24.5 Å². The molecule has 0 spiro atoms. The van der Waals surface area contributed by atoms with Crippen LogP contribution in [0.3, 0.4) is 0 Å². The summed E-state index contributed by atoms with van der Waals surface area (Å²) in [4.78, 5) is 10.1. The normalized spacial score (nSPS) is 12.5. The third-order valence-corrected chi connectivity index (χ3v) is 5.03. The van der Waals surface area contributed by atoms with Crippen molar-refractivity contribution in [2.45, 2.75) is 19.9 Å². The topological polar surface area (TPSA) is 80.9 Å². The number of aromatic nitrogens is 1. The number of thiophene rings is 1. The summed E-state index contributed by atoms with van der Waals surface area (Å²) in [6.07, 6.45) is 2.52. The lowest BCUT2D eigenvalue weighted by atomic mass is 10.1. The molecule has 29 heavy (non-hydrogen) atoms. The van der Waals surface area contributed by atoms with Crippen LogP contribution in [-0.4, -0.2) is 30.8 Å². The molecule has 0 amide bonds. The number of nitrogens with one attached hydrogen (secondary N) is 2. The van der Waals surface area contributed by atoms with E-state index in [1.807, 2.05) is 36.6 Å². The Labute approximate surface area is 190 Å². The zero-order valence-electron chi connectivity index (χ0n) is 16.0. The van der Waals surface area contributed by atoms with Gasteiger partial charge in [0.05, 0.1) is 11.4 Å². The minimum Gasteiger partial charge on any atom is -0.454 e. The van der Waals surface area contributed by atoms with Crippen molar-refractivity contribution in [3.63, 3.8) is 0 Å². The molecule has 0 saturated carbocycles. The largest absolute Gasteiger partial charge is 0.454 e. The van der Waals surface area contributed by atoms with Crippen molar-refractivity contribution in [1.82, 2.24) is 15.6 Å². The first-order valence-corrected chi connectivity index (χ1v) is 10.1. The van der Waals surface area contributed by atoms with Gasteiger partial charge in [0.15, 0.2) is 17.5 Å². The van der Waals surface area contributed by atoms with E-state index in [0.29, 0.717) is 19.2 Å². The van der Waals surface area contributed by atoms with Crippen LogP contribution in [0.1, 0.15) is 18.2 Å². The molecule has 2 aromatic heterocycles. The van der Waals surface area contributed by atoms with Gasteiger partial charge in [-0.1, -0.05) is 12.1 Å². The summed E-state index contributed by atoms with van der Waals surface area (Å²) < 4.78 is 16.3. The van der Waals surface area contributed by atoms with Crippen molar-refractivity contribution in [2.75, 3.05) is 19.9 Å². The average Bonchev–Trinajstić information content (AvgIpc) is 3.46. The van der Waals surface area contributed by atoms with Gasteiger partial charge in [0.2, 0.25) is 12.7 Å². The molecule has 0 atom stereocenters. The van der Waals surface area contributed by atoms with Crippen molar-refractivity contribution < 1.29 is 13.9 Å². The fourth-order valence-electron chi connectivity index (χ4n) is 2.82. The van der Waals surface area contributed by atoms with Gasteiger partial charge in [-0.3, -0.25) is 0 Å². The molecule has 7 nitrogen and oxygen atoms in total. The number of hydrogen-bond acceptors (Lipinski definition) is 6. The monoisotopic (exact) mass is 526 g/mol. The fraction of sp³-hybridized carbons (Fsp3) is 0.300.